The van der Waals surface area contributed by atoms with Crippen molar-refractivity contribution in [2.45, 2.75) is 36.9 Å². The van der Waals surface area contributed by atoms with E-state index in [4.69, 9.17) is 0 Å². The van der Waals surface area contributed by atoms with E-state index in [-0.39, 0.29) is 30.7 Å². The molecule has 3 aromatic rings. The summed E-state index contributed by atoms with van der Waals surface area (Å²) in [6.45, 7) is 2.20. The molecule has 7 nitrogen and oxygen atoms in total. The number of nitrogens with one attached hydrogen (secondary N) is 1. The SMILES string of the molecule is CN1CC[C@H](NC(=O)C2(c3ccc(-c4cccn4C)nn3)CCN(c3ccc(C(F)(F)F)cc3F)CC2)C1. The Balaban J connectivity index is 1.41. The molecule has 1 N–H and O–H groups in total. The van der Waals surface area contributed by atoms with Crippen molar-refractivity contribution in [2.24, 2.45) is 7.05 Å². The molecule has 0 saturated carbocycles. The lowest BCUT2D eigenvalue weighted by Crippen LogP contribution is -2.54. The van der Waals surface area contributed by atoms with E-state index in [1.807, 2.05) is 49.1 Å². The Morgan fingerprint density at radius 2 is 1.82 bits per heavy atom. The van der Waals surface area contributed by atoms with Gasteiger partial charge in [-0.05, 0) is 75.3 Å². The van der Waals surface area contributed by atoms with E-state index < -0.39 is 23.0 Å². The lowest BCUT2D eigenvalue weighted by molar-refractivity contribution is -0.137. The van der Waals surface area contributed by atoms with Gasteiger partial charge < -0.3 is 19.7 Å². The zero-order valence-electron chi connectivity index (χ0n) is 21.3. The van der Waals surface area contributed by atoms with Gasteiger partial charge in [-0.3, -0.25) is 4.79 Å². The fraction of sp³-hybridized carbons (Fsp3) is 0.444. The van der Waals surface area contributed by atoms with Crippen molar-refractivity contribution in [3.8, 4) is 11.4 Å². The third kappa shape index (κ3) is 4.99. The average Bonchev–Trinajstić information content (AvgIpc) is 3.51. The van der Waals surface area contributed by atoms with Gasteiger partial charge >= 0.3 is 6.18 Å². The second-order valence-corrected chi connectivity index (χ2v) is 10.3. The molecular weight excluding hydrogens is 500 g/mol. The maximum Gasteiger partial charge on any atom is 0.416 e. The second-order valence-electron chi connectivity index (χ2n) is 10.3. The zero-order chi connectivity index (χ0) is 27.1. The number of anilines is 1. The van der Waals surface area contributed by atoms with Gasteiger partial charge in [-0.1, -0.05) is 0 Å². The molecule has 0 spiro atoms. The van der Waals surface area contributed by atoms with Crippen LogP contribution in [0.2, 0.25) is 0 Å². The predicted molar refractivity (Wildman–Crippen MR) is 135 cm³/mol. The number of aromatic nitrogens is 3. The Bertz CT molecular complexity index is 1300. The number of hydrogen-bond donors (Lipinski definition) is 1. The van der Waals surface area contributed by atoms with Crippen LogP contribution in [0.25, 0.3) is 11.4 Å². The molecule has 202 valence electrons. The van der Waals surface area contributed by atoms with Crippen LogP contribution >= 0.6 is 0 Å². The first-order valence-electron chi connectivity index (χ1n) is 12.6. The van der Waals surface area contributed by atoms with Crippen molar-refractivity contribution in [3.63, 3.8) is 0 Å². The molecular formula is C27H30F4N6O. The number of piperidine rings is 1. The number of nitrogens with zero attached hydrogens (tertiary/aromatic N) is 5. The summed E-state index contributed by atoms with van der Waals surface area (Å²) in [5.74, 6) is -1.08. The number of rotatable bonds is 5. The van der Waals surface area contributed by atoms with E-state index in [9.17, 15) is 22.4 Å². The van der Waals surface area contributed by atoms with Crippen LogP contribution in [0.3, 0.4) is 0 Å². The number of carbonyl (C=O) groups is 1. The molecule has 2 saturated heterocycles. The third-order valence-corrected chi connectivity index (χ3v) is 7.75. The highest BCUT2D eigenvalue weighted by molar-refractivity contribution is 5.88. The van der Waals surface area contributed by atoms with Crippen molar-refractivity contribution >= 4 is 11.6 Å². The van der Waals surface area contributed by atoms with Gasteiger partial charge in [0.1, 0.15) is 11.5 Å². The Labute approximate surface area is 218 Å². The van der Waals surface area contributed by atoms with Gasteiger partial charge in [-0.2, -0.15) is 18.3 Å². The monoisotopic (exact) mass is 530 g/mol. The number of likely N-dealkylation sites (tertiary alicyclic amines) is 1. The van der Waals surface area contributed by atoms with Crippen LogP contribution in [0.4, 0.5) is 23.2 Å². The molecule has 2 aromatic heterocycles. The molecule has 4 heterocycles. The van der Waals surface area contributed by atoms with Gasteiger partial charge in [0.15, 0.2) is 0 Å². The normalized spacial score (nSPS) is 20.1. The molecule has 2 aliphatic heterocycles. The topological polar surface area (TPSA) is 66.3 Å². The van der Waals surface area contributed by atoms with E-state index in [1.165, 1.54) is 0 Å². The van der Waals surface area contributed by atoms with E-state index >= 15 is 0 Å². The smallest absolute Gasteiger partial charge is 0.369 e. The number of benzene rings is 1. The van der Waals surface area contributed by atoms with Crippen LogP contribution in [0.1, 0.15) is 30.5 Å². The van der Waals surface area contributed by atoms with Gasteiger partial charge in [0.25, 0.3) is 0 Å². The largest absolute Gasteiger partial charge is 0.416 e. The highest BCUT2D eigenvalue weighted by Gasteiger charge is 2.46. The van der Waals surface area contributed by atoms with Crippen LogP contribution in [-0.2, 0) is 23.4 Å². The lowest BCUT2D eigenvalue weighted by Gasteiger charge is -2.41. The Kier molecular flexibility index (Phi) is 6.89. The quantitative estimate of drug-likeness (QED) is 0.506. The first-order valence-corrected chi connectivity index (χ1v) is 12.6. The van der Waals surface area contributed by atoms with Gasteiger partial charge in [0.05, 0.1) is 28.1 Å². The molecule has 0 bridgehead atoms. The van der Waals surface area contributed by atoms with Crippen LogP contribution < -0.4 is 10.2 Å². The van der Waals surface area contributed by atoms with E-state index in [0.29, 0.717) is 30.3 Å². The number of halogens is 4. The third-order valence-electron chi connectivity index (χ3n) is 7.75. The van der Waals surface area contributed by atoms with E-state index in [0.717, 1.165) is 37.3 Å². The molecule has 2 fully saturated rings. The fourth-order valence-corrected chi connectivity index (χ4v) is 5.50. The Morgan fingerprint density at radius 3 is 2.37 bits per heavy atom. The molecule has 1 atom stereocenters. The van der Waals surface area contributed by atoms with Gasteiger partial charge in [0.2, 0.25) is 5.91 Å². The van der Waals surface area contributed by atoms with E-state index in [1.54, 1.807) is 4.90 Å². The zero-order valence-corrected chi connectivity index (χ0v) is 21.3. The number of carbonyl (C=O) groups excluding carboxylic acids is 1. The Hall–Kier alpha value is -3.47. The molecule has 1 aromatic carbocycles. The molecule has 11 heteroatoms. The minimum Gasteiger partial charge on any atom is -0.369 e. The molecule has 0 unspecified atom stereocenters. The standard InChI is InChI=1S/C27H30F4N6O/c1-35-13-9-19(17-35)32-25(38)26(24-8-6-21(33-34-24)23-4-3-12-36(23)2)10-14-37(15-11-26)22-7-5-18(16-20(22)28)27(29,30)31/h3-8,12,16,19H,9-11,13-15,17H2,1-2H3,(H,32,38)/t19-/m0/s1. The molecule has 0 aliphatic carbocycles. The summed E-state index contributed by atoms with van der Waals surface area (Å²) in [6, 6.07) is 10.1. The number of aryl methyl sites for hydroxylation is 1. The van der Waals surface area contributed by atoms with Gasteiger partial charge in [0, 0.05) is 38.9 Å². The number of likely N-dealkylation sites (N-methyl/N-ethyl adjacent to an activating group) is 1. The van der Waals surface area contributed by atoms with Crippen LogP contribution in [0.15, 0.2) is 48.7 Å². The van der Waals surface area contributed by atoms with Crippen molar-refractivity contribution in [1.29, 1.82) is 0 Å². The molecule has 38 heavy (non-hydrogen) atoms. The molecule has 1 amide bonds. The maximum absolute atomic E-state index is 14.7. The molecule has 0 radical (unpaired) electrons. The summed E-state index contributed by atoms with van der Waals surface area (Å²) < 4.78 is 55.7. The number of alkyl halides is 3. The number of amides is 1. The first-order chi connectivity index (χ1) is 18.1. The van der Waals surface area contributed by atoms with Crippen molar-refractivity contribution in [1.82, 2.24) is 25.0 Å². The highest BCUT2D eigenvalue weighted by Crippen LogP contribution is 2.39. The first kappa shape index (κ1) is 26.1. The van der Waals surface area contributed by atoms with Crippen molar-refractivity contribution < 1.29 is 22.4 Å². The summed E-state index contributed by atoms with van der Waals surface area (Å²) in [5.41, 5.74) is 0.184. The average molecular weight is 531 g/mol. The molecule has 2 aliphatic rings. The maximum atomic E-state index is 14.7. The Morgan fingerprint density at radius 1 is 1.05 bits per heavy atom. The van der Waals surface area contributed by atoms with Crippen LogP contribution in [-0.4, -0.2) is 64.8 Å². The van der Waals surface area contributed by atoms with Crippen molar-refractivity contribution in [2.75, 3.05) is 38.1 Å². The van der Waals surface area contributed by atoms with E-state index in [2.05, 4.69) is 20.4 Å². The summed E-state index contributed by atoms with van der Waals surface area (Å²) in [7, 11) is 3.92. The van der Waals surface area contributed by atoms with Gasteiger partial charge in [-0.25, -0.2) is 4.39 Å². The highest BCUT2D eigenvalue weighted by atomic mass is 19.4. The minimum absolute atomic E-state index is 0.0189. The second kappa shape index (κ2) is 10.0. The number of hydrogen-bond acceptors (Lipinski definition) is 5. The summed E-state index contributed by atoms with van der Waals surface area (Å²) in [4.78, 5) is 17.6. The van der Waals surface area contributed by atoms with Crippen molar-refractivity contribution in [3.05, 3.63) is 65.7 Å². The van der Waals surface area contributed by atoms with Crippen LogP contribution in [0, 0.1) is 5.82 Å². The molecule has 5 rings (SSSR count). The fourth-order valence-electron chi connectivity index (χ4n) is 5.50. The van der Waals surface area contributed by atoms with Gasteiger partial charge in [-0.15, -0.1) is 5.10 Å². The minimum atomic E-state index is -4.62. The van der Waals surface area contributed by atoms with Crippen LogP contribution in [0.5, 0.6) is 0 Å². The summed E-state index contributed by atoms with van der Waals surface area (Å²) in [6.07, 6.45) is -1.22. The summed E-state index contributed by atoms with van der Waals surface area (Å²) >= 11 is 0. The summed E-state index contributed by atoms with van der Waals surface area (Å²) in [5, 5.41) is 12.1. The lowest BCUT2D eigenvalue weighted by atomic mass is 9.74. The predicted octanol–water partition coefficient (Wildman–Crippen LogP) is 4.00.